The number of carbonyl (C=O) groups excluding carboxylic acids is 2. The first kappa shape index (κ1) is 23.1. The lowest BCUT2D eigenvalue weighted by atomic mass is 10.0. The van der Waals surface area contributed by atoms with E-state index < -0.39 is 32.5 Å². The average molecular weight is 425 g/mol. The molecule has 0 aromatic carbocycles. The molecule has 0 amide bonds. The van der Waals surface area contributed by atoms with Crippen LogP contribution in [0.4, 0.5) is 0 Å². The highest BCUT2D eigenvalue weighted by molar-refractivity contribution is 7.87. The van der Waals surface area contributed by atoms with Gasteiger partial charge in [-0.25, -0.2) is 0 Å². The molecule has 0 aromatic rings. The van der Waals surface area contributed by atoms with Gasteiger partial charge in [0.15, 0.2) is 0 Å². The number of hydrogen-bond acceptors (Lipinski definition) is 4. The fourth-order valence-electron chi connectivity index (χ4n) is 2.48. The number of Topliss-reactive ketones (excluding diaryl/α,β-unsaturated/α-hetero) is 2. The van der Waals surface area contributed by atoms with Crippen LogP contribution in [0.5, 0.6) is 0 Å². The Morgan fingerprint density at radius 1 is 0.846 bits per heavy atom. The number of rotatable bonds is 12. The van der Waals surface area contributed by atoms with Gasteiger partial charge in [-0.2, -0.15) is 13.1 Å². The van der Waals surface area contributed by atoms with Crippen LogP contribution in [0.15, 0.2) is 21.3 Å². The van der Waals surface area contributed by atoms with Crippen LogP contribution in [0.25, 0.3) is 0 Å². The number of ketones is 2. The van der Waals surface area contributed by atoms with Gasteiger partial charge in [-0.1, -0.05) is 75.1 Å². The molecule has 0 saturated heterocycles. The molecule has 1 aliphatic rings. The van der Waals surface area contributed by atoms with Crippen LogP contribution in [0.2, 0.25) is 0 Å². The Hall–Kier alpha value is -0.890. The zero-order chi connectivity index (χ0) is 19.7. The zero-order valence-electron chi connectivity index (χ0n) is 15.2. The Morgan fingerprint density at radius 2 is 1.38 bits per heavy atom. The lowest BCUT2D eigenvalue weighted by molar-refractivity contribution is -0.115. The summed E-state index contributed by atoms with van der Waals surface area (Å²) in [6.07, 6.45) is 8.73. The lowest BCUT2D eigenvalue weighted by Gasteiger charge is -2.17. The molecular weight excluding hydrogens is 399 g/mol. The van der Waals surface area contributed by atoms with Gasteiger partial charge in [-0.15, -0.1) is 0 Å². The summed E-state index contributed by atoms with van der Waals surface area (Å²) in [6.45, 7) is 3.77. The standard InChI is InChI=1S/C17H26Cl2N2O4S/c1-3-4-5-6-7-8-9-10-11-20-26(24,25)21-15-14(19)16(22)12(2)13(18)17(15)23/h20-21H,3-11H2,1-2H3. The Bertz CT molecular complexity index is 700. The third kappa shape index (κ3) is 7.02. The maximum absolute atomic E-state index is 12.1. The van der Waals surface area contributed by atoms with E-state index in [0.29, 0.717) is 6.42 Å². The molecule has 2 N–H and O–H groups in total. The number of halogens is 2. The molecule has 26 heavy (non-hydrogen) atoms. The van der Waals surface area contributed by atoms with E-state index in [2.05, 4.69) is 11.6 Å². The summed E-state index contributed by atoms with van der Waals surface area (Å²) in [5.41, 5.74) is -0.521. The number of carbonyl (C=O) groups is 2. The summed E-state index contributed by atoms with van der Waals surface area (Å²) in [4.78, 5) is 23.9. The molecular formula is C17H26Cl2N2O4S. The molecule has 0 spiro atoms. The molecule has 6 nitrogen and oxygen atoms in total. The molecule has 1 rings (SSSR count). The number of unbranched alkanes of at least 4 members (excludes halogenated alkanes) is 7. The van der Waals surface area contributed by atoms with Crippen LogP contribution in [-0.2, 0) is 19.8 Å². The number of nitrogens with one attached hydrogen (secondary N) is 2. The SMILES string of the molecule is CCCCCCCCCCNS(=O)(=O)NC1=C(Cl)C(=O)C(C)=C(Cl)C1=O. The van der Waals surface area contributed by atoms with Crippen molar-refractivity contribution in [3.8, 4) is 0 Å². The van der Waals surface area contributed by atoms with E-state index in [1.165, 1.54) is 32.6 Å². The quantitative estimate of drug-likeness (QED) is 0.369. The summed E-state index contributed by atoms with van der Waals surface area (Å²) in [7, 11) is -4.01. The van der Waals surface area contributed by atoms with Gasteiger partial charge in [0.25, 0.3) is 10.2 Å². The van der Waals surface area contributed by atoms with Crippen LogP contribution < -0.4 is 9.44 Å². The Labute approximate surface area is 165 Å². The van der Waals surface area contributed by atoms with Gasteiger partial charge < -0.3 is 0 Å². The fourth-order valence-corrected chi connectivity index (χ4v) is 3.94. The molecule has 0 saturated carbocycles. The van der Waals surface area contributed by atoms with E-state index in [9.17, 15) is 18.0 Å². The van der Waals surface area contributed by atoms with Crippen LogP contribution in [0.1, 0.15) is 65.2 Å². The molecule has 0 atom stereocenters. The van der Waals surface area contributed by atoms with Crippen molar-refractivity contribution in [2.45, 2.75) is 65.2 Å². The largest absolute Gasteiger partial charge is 0.299 e. The monoisotopic (exact) mass is 424 g/mol. The molecule has 0 aliphatic heterocycles. The zero-order valence-corrected chi connectivity index (χ0v) is 17.5. The number of hydrogen-bond donors (Lipinski definition) is 2. The topological polar surface area (TPSA) is 92.3 Å². The third-order valence-electron chi connectivity index (χ3n) is 4.07. The summed E-state index contributed by atoms with van der Waals surface area (Å²) >= 11 is 11.6. The van der Waals surface area contributed by atoms with Crippen molar-refractivity contribution in [3.05, 3.63) is 21.3 Å². The Balaban J connectivity index is 2.43. The molecule has 9 heteroatoms. The second-order valence-electron chi connectivity index (χ2n) is 6.26. The van der Waals surface area contributed by atoms with E-state index in [-0.39, 0.29) is 17.2 Å². The fraction of sp³-hybridized carbons (Fsp3) is 0.647. The van der Waals surface area contributed by atoms with Crippen molar-refractivity contribution < 1.29 is 18.0 Å². The van der Waals surface area contributed by atoms with Crippen molar-refractivity contribution in [1.29, 1.82) is 0 Å². The van der Waals surface area contributed by atoms with Crippen LogP contribution in [-0.4, -0.2) is 26.5 Å². The van der Waals surface area contributed by atoms with Crippen LogP contribution in [0.3, 0.4) is 0 Å². The van der Waals surface area contributed by atoms with Gasteiger partial charge in [-0.05, 0) is 13.3 Å². The minimum Gasteiger partial charge on any atom is -0.288 e. The maximum atomic E-state index is 12.1. The van der Waals surface area contributed by atoms with Crippen molar-refractivity contribution in [3.63, 3.8) is 0 Å². The van der Waals surface area contributed by atoms with E-state index in [1.807, 2.05) is 4.72 Å². The first-order valence-corrected chi connectivity index (χ1v) is 11.1. The predicted octanol–water partition coefficient (Wildman–Crippen LogP) is 3.67. The van der Waals surface area contributed by atoms with Crippen molar-refractivity contribution in [2.24, 2.45) is 0 Å². The number of allylic oxidation sites excluding steroid dienone is 3. The lowest BCUT2D eigenvalue weighted by Crippen LogP contribution is -2.40. The smallest absolute Gasteiger partial charge is 0.288 e. The van der Waals surface area contributed by atoms with Crippen LogP contribution in [0, 0.1) is 0 Å². The van der Waals surface area contributed by atoms with Gasteiger partial charge in [0.1, 0.15) is 10.7 Å². The second-order valence-corrected chi connectivity index (χ2v) is 8.52. The van der Waals surface area contributed by atoms with Crippen molar-refractivity contribution in [2.75, 3.05) is 6.54 Å². The highest BCUT2D eigenvalue weighted by Crippen LogP contribution is 2.27. The van der Waals surface area contributed by atoms with Crippen molar-refractivity contribution in [1.82, 2.24) is 9.44 Å². The molecule has 1 aliphatic carbocycles. The van der Waals surface area contributed by atoms with E-state index in [0.717, 1.165) is 19.3 Å². The van der Waals surface area contributed by atoms with Gasteiger partial charge in [0.2, 0.25) is 11.6 Å². The molecule has 0 fully saturated rings. The molecule has 0 bridgehead atoms. The maximum Gasteiger partial charge on any atom is 0.299 e. The minimum atomic E-state index is -4.01. The summed E-state index contributed by atoms with van der Waals surface area (Å²) in [5.74, 6) is -1.48. The normalized spacial score (nSPS) is 15.8. The van der Waals surface area contributed by atoms with E-state index in [4.69, 9.17) is 23.2 Å². The van der Waals surface area contributed by atoms with Crippen molar-refractivity contribution >= 4 is 45.0 Å². The highest BCUT2D eigenvalue weighted by atomic mass is 35.5. The second kappa shape index (κ2) is 11.1. The minimum absolute atomic E-state index is 0.00323. The first-order chi connectivity index (χ1) is 12.2. The molecule has 0 heterocycles. The van der Waals surface area contributed by atoms with Gasteiger partial charge in [0, 0.05) is 12.1 Å². The molecule has 0 aromatic heterocycles. The summed E-state index contributed by atoms with van der Waals surface area (Å²) in [6, 6.07) is 0. The van der Waals surface area contributed by atoms with Gasteiger partial charge >= 0.3 is 0 Å². The Morgan fingerprint density at radius 3 is 1.96 bits per heavy atom. The highest BCUT2D eigenvalue weighted by Gasteiger charge is 2.33. The summed E-state index contributed by atoms with van der Waals surface area (Å²) in [5, 5.41) is -0.811. The average Bonchev–Trinajstić information content (AvgIpc) is 2.60. The van der Waals surface area contributed by atoms with Gasteiger partial charge in [0.05, 0.1) is 5.03 Å². The molecule has 0 unspecified atom stereocenters. The predicted molar refractivity (Wildman–Crippen MR) is 104 cm³/mol. The Kier molecular flexibility index (Phi) is 9.85. The van der Waals surface area contributed by atoms with E-state index >= 15 is 0 Å². The first-order valence-electron chi connectivity index (χ1n) is 8.84. The van der Waals surface area contributed by atoms with Crippen LogP contribution >= 0.6 is 23.2 Å². The van der Waals surface area contributed by atoms with Gasteiger partial charge in [-0.3, -0.25) is 14.3 Å². The van der Waals surface area contributed by atoms with E-state index in [1.54, 1.807) is 0 Å². The molecule has 148 valence electrons. The third-order valence-corrected chi connectivity index (χ3v) is 5.95. The molecule has 0 radical (unpaired) electrons. The summed E-state index contributed by atoms with van der Waals surface area (Å²) < 4.78 is 28.5.